The van der Waals surface area contributed by atoms with Gasteiger partial charge >= 0.3 is 5.97 Å². The van der Waals surface area contributed by atoms with Crippen molar-refractivity contribution in [3.63, 3.8) is 0 Å². The maximum absolute atomic E-state index is 13.4. The van der Waals surface area contributed by atoms with Gasteiger partial charge < -0.3 is 45.1 Å². The SMILES string of the molecule is CC/C=C\C/C=C\C/C=C\C/C=C\C/C=C\CCCCCC(=O)OC1C(OCC(NC(=O)C(O)CCCCCC\C=C/C=C/C=C/CC)C(O)/C=C/CCCCCCCCCCCCC)OC(CO)C(O)C1O. The van der Waals surface area contributed by atoms with Gasteiger partial charge in [0, 0.05) is 6.42 Å². The second kappa shape index (κ2) is 49.2. The van der Waals surface area contributed by atoms with Gasteiger partial charge in [0.05, 0.1) is 25.4 Å². The summed E-state index contributed by atoms with van der Waals surface area (Å²) in [5.41, 5.74) is 0. The molecule has 0 aromatic carbocycles. The fraction of sp³-hybridized carbons (Fsp3) is 0.677. The lowest BCUT2D eigenvalue weighted by atomic mass is 9.99. The van der Waals surface area contributed by atoms with Gasteiger partial charge in [-0.1, -0.05) is 220 Å². The molecule has 1 amide bonds. The molecule has 8 unspecified atom stereocenters. The highest BCUT2D eigenvalue weighted by Crippen LogP contribution is 2.26. The highest BCUT2D eigenvalue weighted by molar-refractivity contribution is 5.80. The number of unbranched alkanes of at least 4 members (excludes halogenated alkanes) is 18. The second-order valence-corrected chi connectivity index (χ2v) is 19.3. The largest absolute Gasteiger partial charge is 0.454 e. The van der Waals surface area contributed by atoms with Crippen LogP contribution in [0.25, 0.3) is 0 Å². The van der Waals surface area contributed by atoms with Crippen LogP contribution < -0.4 is 5.32 Å². The van der Waals surface area contributed by atoms with Crippen molar-refractivity contribution in [3.05, 3.63) is 109 Å². The molecule has 6 N–H and O–H groups in total. The zero-order valence-electron chi connectivity index (χ0n) is 45.7. The summed E-state index contributed by atoms with van der Waals surface area (Å²) in [5.74, 6) is -1.26. The number of ether oxygens (including phenoxy) is 3. The number of hydrogen-bond acceptors (Lipinski definition) is 10. The monoisotopic (exact) mass is 1020 g/mol. The predicted octanol–water partition coefficient (Wildman–Crippen LogP) is 12.9. The third-order valence-corrected chi connectivity index (χ3v) is 12.7. The van der Waals surface area contributed by atoms with Crippen LogP contribution >= 0.6 is 0 Å². The van der Waals surface area contributed by atoms with Crippen LogP contribution in [0.3, 0.4) is 0 Å². The van der Waals surface area contributed by atoms with E-state index in [-0.39, 0.29) is 19.4 Å². The number of aliphatic hydroxyl groups is 5. The van der Waals surface area contributed by atoms with Gasteiger partial charge in [-0.3, -0.25) is 9.59 Å². The van der Waals surface area contributed by atoms with E-state index in [9.17, 15) is 35.1 Å². The Morgan fingerprint density at radius 3 is 1.63 bits per heavy atom. The number of allylic oxidation sites excluding steroid dienone is 17. The Kier molecular flexibility index (Phi) is 45.4. The maximum Gasteiger partial charge on any atom is 0.306 e. The van der Waals surface area contributed by atoms with Crippen LogP contribution in [0.4, 0.5) is 0 Å². The number of esters is 1. The molecule has 8 atom stereocenters. The summed E-state index contributed by atoms with van der Waals surface area (Å²) < 4.78 is 17.5. The summed E-state index contributed by atoms with van der Waals surface area (Å²) in [6.45, 7) is 5.48. The maximum atomic E-state index is 13.4. The molecule has 0 aliphatic carbocycles. The van der Waals surface area contributed by atoms with Crippen molar-refractivity contribution in [2.75, 3.05) is 13.2 Å². The van der Waals surface area contributed by atoms with Crippen LogP contribution in [0.1, 0.15) is 207 Å². The number of aliphatic hydroxyl groups excluding tert-OH is 5. The molecule has 1 heterocycles. The van der Waals surface area contributed by atoms with Crippen molar-refractivity contribution in [2.24, 2.45) is 0 Å². The molecule has 0 saturated carbocycles. The highest BCUT2D eigenvalue weighted by Gasteiger charge is 2.47. The minimum Gasteiger partial charge on any atom is -0.454 e. The number of carbonyl (C=O) groups is 2. The van der Waals surface area contributed by atoms with E-state index >= 15 is 0 Å². The van der Waals surface area contributed by atoms with Crippen molar-refractivity contribution in [2.45, 2.75) is 256 Å². The third kappa shape index (κ3) is 37.7. The number of amides is 1. The number of nitrogens with one attached hydrogen (secondary N) is 1. The summed E-state index contributed by atoms with van der Waals surface area (Å²) in [6.07, 6.45) is 55.6. The molecule has 11 heteroatoms. The standard InChI is InChI=1S/C62H103NO10/c1-4-7-10-13-16-19-22-25-26-27-28-29-30-32-35-38-41-44-47-50-57(67)73-60-59(69)58(68)56(51-64)72-62(60)71-52-53(54(65)48-45-42-39-36-34-31-23-20-17-14-11-8-5-2)63-61(70)55(66)49-46-43-40-37-33-24-21-18-15-12-9-6-3/h7,9-10,12,15-16,18-19,21,24-26,28-29,32,35,45,48,53-56,58-60,62,64-66,68-69H,4-6,8,11,13-14,17,20,22-23,27,30-31,33-34,36-44,46-47,49-52H2,1-3H3,(H,63,70)/b10-7-,12-9+,18-15+,19-16-,24-21-,26-25-,29-28-,35-32-,48-45+. The molecular formula is C62H103NO10. The Morgan fingerprint density at radius 2 is 1.05 bits per heavy atom. The highest BCUT2D eigenvalue weighted by atomic mass is 16.7. The van der Waals surface area contributed by atoms with Crippen LogP contribution in [-0.2, 0) is 23.8 Å². The van der Waals surface area contributed by atoms with E-state index < -0.39 is 67.4 Å². The van der Waals surface area contributed by atoms with E-state index in [4.69, 9.17) is 14.2 Å². The van der Waals surface area contributed by atoms with Crippen molar-refractivity contribution in [1.29, 1.82) is 0 Å². The fourth-order valence-electron chi connectivity index (χ4n) is 8.20. The Bertz CT molecular complexity index is 1600. The first-order chi connectivity index (χ1) is 35.7. The molecule has 11 nitrogen and oxygen atoms in total. The molecule has 1 saturated heterocycles. The van der Waals surface area contributed by atoms with Gasteiger partial charge in [0.1, 0.15) is 24.4 Å². The summed E-state index contributed by atoms with van der Waals surface area (Å²) in [4.78, 5) is 26.4. The summed E-state index contributed by atoms with van der Waals surface area (Å²) in [6, 6.07) is -1.05. The molecule has 1 aliphatic rings. The van der Waals surface area contributed by atoms with E-state index in [0.29, 0.717) is 12.8 Å². The molecule has 0 bridgehead atoms. The Balaban J connectivity index is 2.76. The average molecular weight is 1020 g/mol. The van der Waals surface area contributed by atoms with Crippen LogP contribution in [-0.4, -0.2) is 99.6 Å². The average Bonchev–Trinajstić information content (AvgIpc) is 3.39. The molecule has 0 radical (unpaired) electrons. The van der Waals surface area contributed by atoms with Crippen LogP contribution in [0, 0.1) is 0 Å². The summed E-state index contributed by atoms with van der Waals surface area (Å²) >= 11 is 0. The van der Waals surface area contributed by atoms with Gasteiger partial charge in [0.2, 0.25) is 5.91 Å². The minimum absolute atomic E-state index is 0.0756. The molecule has 416 valence electrons. The van der Waals surface area contributed by atoms with Crippen molar-refractivity contribution < 1.29 is 49.3 Å². The zero-order valence-corrected chi connectivity index (χ0v) is 45.7. The molecule has 73 heavy (non-hydrogen) atoms. The van der Waals surface area contributed by atoms with E-state index in [1.165, 1.54) is 51.4 Å². The van der Waals surface area contributed by atoms with Gasteiger partial charge in [-0.25, -0.2) is 0 Å². The quantitative estimate of drug-likeness (QED) is 0.0149. The van der Waals surface area contributed by atoms with E-state index in [1.54, 1.807) is 6.08 Å². The first-order valence-electron chi connectivity index (χ1n) is 28.7. The van der Waals surface area contributed by atoms with Crippen molar-refractivity contribution >= 4 is 11.9 Å². The molecule has 1 fully saturated rings. The van der Waals surface area contributed by atoms with Gasteiger partial charge in [0.15, 0.2) is 12.4 Å². The minimum atomic E-state index is -1.64. The first kappa shape index (κ1) is 67.3. The van der Waals surface area contributed by atoms with Crippen molar-refractivity contribution in [3.8, 4) is 0 Å². The Labute approximate surface area is 443 Å². The Morgan fingerprint density at radius 1 is 0.562 bits per heavy atom. The molecule has 0 aromatic rings. The second-order valence-electron chi connectivity index (χ2n) is 19.3. The number of hydrogen-bond donors (Lipinski definition) is 6. The van der Waals surface area contributed by atoms with E-state index in [2.05, 4.69) is 99.0 Å². The van der Waals surface area contributed by atoms with Gasteiger partial charge in [0.25, 0.3) is 0 Å². The predicted molar refractivity (Wildman–Crippen MR) is 301 cm³/mol. The molecule has 1 aliphatic heterocycles. The first-order valence-corrected chi connectivity index (χ1v) is 28.7. The van der Waals surface area contributed by atoms with Crippen LogP contribution in [0.2, 0.25) is 0 Å². The van der Waals surface area contributed by atoms with E-state index in [0.717, 1.165) is 109 Å². The molecule has 0 aromatic heterocycles. The third-order valence-electron chi connectivity index (χ3n) is 12.7. The van der Waals surface area contributed by atoms with Crippen LogP contribution in [0.15, 0.2) is 109 Å². The van der Waals surface area contributed by atoms with Gasteiger partial charge in [-0.05, 0) is 89.9 Å². The van der Waals surface area contributed by atoms with Crippen LogP contribution in [0.5, 0.6) is 0 Å². The number of carbonyl (C=O) groups excluding carboxylic acids is 2. The lowest BCUT2D eigenvalue weighted by molar-refractivity contribution is -0.305. The fourth-order valence-corrected chi connectivity index (χ4v) is 8.20. The summed E-state index contributed by atoms with van der Waals surface area (Å²) in [7, 11) is 0. The lowest BCUT2D eigenvalue weighted by Gasteiger charge is -2.41. The van der Waals surface area contributed by atoms with Gasteiger partial charge in [-0.2, -0.15) is 0 Å². The van der Waals surface area contributed by atoms with Crippen molar-refractivity contribution in [1.82, 2.24) is 5.32 Å². The Hall–Kier alpha value is -3.68. The van der Waals surface area contributed by atoms with E-state index in [1.807, 2.05) is 30.4 Å². The van der Waals surface area contributed by atoms with Gasteiger partial charge in [-0.15, -0.1) is 0 Å². The molecular weight excluding hydrogens is 919 g/mol. The number of rotatable bonds is 46. The normalized spacial score (nSPS) is 20.2. The lowest BCUT2D eigenvalue weighted by Crippen LogP contribution is -2.61. The zero-order chi connectivity index (χ0) is 53.3. The summed E-state index contributed by atoms with van der Waals surface area (Å²) in [5, 5.41) is 56.8. The topological polar surface area (TPSA) is 175 Å². The molecule has 1 rings (SSSR count). The molecule has 0 spiro atoms. The smallest absolute Gasteiger partial charge is 0.306 e.